The van der Waals surface area contributed by atoms with Gasteiger partial charge in [0, 0.05) is 19.8 Å². The molecular weight excluding hydrogens is 299 g/mol. The normalized spacial score (nSPS) is 9.81. The third-order valence-corrected chi connectivity index (χ3v) is 3.32. The maximum absolute atomic E-state index is 10.9. The van der Waals surface area contributed by atoms with Crippen molar-refractivity contribution >= 4 is 13.8 Å². The molecule has 0 aliphatic rings. The van der Waals surface area contributed by atoms with Gasteiger partial charge in [-0.05, 0) is 20.3 Å². The molecular formula is C13H28O7P. The van der Waals surface area contributed by atoms with Crippen molar-refractivity contribution in [2.45, 2.75) is 40.0 Å². The van der Waals surface area contributed by atoms with E-state index in [1.54, 1.807) is 6.92 Å². The highest BCUT2D eigenvalue weighted by atomic mass is 31.2. The van der Waals surface area contributed by atoms with E-state index in [4.69, 9.17) is 5.11 Å². The molecule has 0 rings (SSSR count). The van der Waals surface area contributed by atoms with Crippen molar-refractivity contribution in [3.05, 3.63) is 12.2 Å². The largest absolute Gasteiger partial charge is 0.478 e. The van der Waals surface area contributed by atoms with E-state index in [1.807, 2.05) is 0 Å². The van der Waals surface area contributed by atoms with Crippen LogP contribution in [0.4, 0.5) is 0 Å². The van der Waals surface area contributed by atoms with Crippen molar-refractivity contribution in [1.82, 2.24) is 0 Å². The van der Waals surface area contributed by atoms with E-state index in [0.29, 0.717) is 6.61 Å². The fraction of sp³-hybridized carbons (Fsp3) is 0.769. The molecule has 0 bridgehead atoms. The lowest BCUT2D eigenvalue weighted by Crippen LogP contribution is -1.93. The zero-order valence-electron chi connectivity index (χ0n) is 13.6. The van der Waals surface area contributed by atoms with Crippen LogP contribution in [0.3, 0.4) is 0 Å². The quantitative estimate of drug-likeness (QED) is 0.414. The van der Waals surface area contributed by atoms with Crippen LogP contribution >= 0.6 is 7.82 Å². The Morgan fingerprint density at radius 3 is 1.71 bits per heavy atom. The van der Waals surface area contributed by atoms with Crippen molar-refractivity contribution in [3.8, 4) is 0 Å². The minimum Gasteiger partial charge on any atom is -0.478 e. The molecule has 8 heteroatoms. The number of unbranched alkanes of at least 4 members (excludes halogenated alkanes) is 2. The molecule has 0 atom stereocenters. The van der Waals surface area contributed by atoms with Crippen LogP contribution < -0.4 is 0 Å². The lowest BCUT2D eigenvalue weighted by molar-refractivity contribution is -0.132. The highest BCUT2D eigenvalue weighted by molar-refractivity contribution is 7.48. The Hall–Kier alpha value is -0.720. The maximum Gasteiger partial charge on any atom is 0.474 e. The van der Waals surface area contributed by atoms with Crippen LogP contribution in [0.5, 0.6) is 0 Å². The summed E-state index contributed by atoms with van der Waals surface area (Å²) in [6, 6.07) is 0. The summed E-state index contributed by atoms with van der Waals surface area (Å²) in [5.74, 6) is -0.935. The molecule has 0 saturated heterocycles. The molecule has 0 saturated carbocycles. The molecule has 0 unspecified atom stereocenters. The van der Waals surface area contributed by atoms with E-state index >= 15 is 0 Å². The van der Waals surface area contributed by atoms with Crippen LogP contribution in [-0.2, 0) is 28.0 Å². The predicted octanol–water partition coefficient (Wildman–Crippen LogP) is 3.68. The van der Waals surface area contributed by atoms with Gasteiger partial charge >= 0.3 is 13.8 Å². The minimum atomic E-state index is -3.18. The Morgan fingerprint density at radius 2 is 1.62 bits per heavy atom. The van der Waals surface area contributed by atoms with E-state index in [0.717, 1.165) is 19.3 Å². The highest BCUT2D eigenvalue weighted by Crippen LogP contribution is 2.47. The van der Waals surface area contributed by atoms with Crippen molar-refractivity contribution in [2.24, 2.45) is 0 Å². The molecule has 127 valence electrons. The van der Waals surface area contributed by atoms with Crippen LogP contribution in [0.1, 0.15) is 40.0 Å². The second-order valence-corrected chi connectivity index (χ2v) is 5.61. The Balaban J connectivity index is -0.000000240. The van der Waals surface area contributed by atoms with Crippen LogP contribution in [0.25, 0.3) is 0 Å². The SMILES string of the molecule is C=C(C)C(=O)O.CCCCC[O].CCOP(=O)(OC)OC. The van der Waals surface area contributed by atoms with Gasteiger partial charge in [0.05, 0.1) is 13.2 Å². The molecule has 1 radical (unpaired) electrons. The second-order valence-electron chi connectivity index (χ2n) is 3.73. The molecule has 0 aromatic carbocycles. The lowest BCUT2D eigenvalue weighted by Gasteiger charge is -2.10. The first kappa shape index (κ1) is 25.2. The number of hydrogen-bond donors (Lipinski definition) is 1. The first-order valence-corrected chi connectivity index (χ1v) is 8.03. The van der Waals surface area contributed by atoms with Gasteiger partial charge in [0.15, 0.2) is 0 Å². The summed E-state index contributed by atoms with van der Waals surface area (Å²) in [4.78, 5) is 9.60. The number of phosphoric ester groups is 1. The molecule has 0 heterocycles. The number of aliphatic carboxylic acids is 1. The van der Waals surface area contributed by atoms with E-state index in [1.165, 1.54) is 21.1 Å². The van der Waals surface area contributed by atoms with Crippen molar-refractivity contribution in [3.63, 3.8) is 0 Å². The third kappa shape index (κ3) is 21.7. The lowest BCUT2D eigenvalue weighted by atomic mass is 10.3. The Morgan fingerprint density at radius 1 is 1.19 bits per heavy atom. The molecule has 0 amide bonds. The van der Waals surface area contributed by atoms with Crippen molar-refractivity contribution in [2.75, 3.05) is 27.4 Å². The van der Waals surface area contributed by atoms with E-state index in [9.17, 15) is 14.5 Å². The fourth-order valence-electron chi connectivity index (χ4n) is 0.690. The monoisotopic (exact) mass is 327 g/mol. The van der Waals surface area contributed by atoms with Gasteiger partial charge in [-0.15, -0.1) is 0 Å². The highest BCUT2D eigenvalue weighted by Gasteiger charge is 2.20. The molecule has 21 heavy (non-hydrogen) atoms. The van der Waals surface area contributed by atoms with Gasteiger partial charge in [-0.25, -0.2) is 14.5 Å². The summed E-state index contributed by atoms with van der Waals surface area (Å²) in [5, 5.41) is 17.6. The van der Waals surface area contributed by atoms with E-state index < -0.39 is 13.8 Å². The Bertz CT molecular complexity index is 281. The smallest absolute Gasteiger partial charge is 0.474 e. The van der Waals surface area contributed by atoms with Gasteiger partial charge in [0.1, 0.15) is 0 Å². The van der Waals surface area contributed by atoms with Gasteiger partial charge in [-0.2, -0.15) is 0 Å². The van der Waals surface area contributed by atoms with Crippen LogP contribution in [-0.4, -0.2) is 38.5 Å². The number of carboxylic acids is 1. The third-order valence-electron chi connectivity index (χ3n) is 1.85. The molecule has 0 fully saturated rings. The standard InChI is InChI=1S/C5H11O.C4H11O4P.C4H6O2/c1-2-3-4-5-6;1-4-8-9(5,6-2)7-3;1-3(2)4(5)6/h2-5H2,1H3;4H2,1-3H3;1H2,2H3,(H,5,6). The zero-order valence-corrected chi connectivity index (χ0v) is 14.5. The van der Waals surface area contributed by atoms with E-state index in [-0.39, 0.29) is 12.2 Å². The topological polar surface area (TPSA) is 102 Å². The maximum atomic E-state index is 10.9. The average Bonchev–Trinajstić information content (AvgIpc) is 2.46. The number of carbonyl (C=O) groups is 1. The van der Waals surface area contributed by atoms with Gasteiger partial charge in [0.25, 0.3) is 0 Å². The first-order chi connectivity index (χ1) is 9.74. The molecule has 1 N–H and O–H groups in total. The van der Waals surface area contributed by atoms with Crippen LogP contribution in [0.2, 0.25) is 0 Å². The molecule has 0 spiro atoms. The molecule has 0 aromatic heterocycles. The summed E-state index contributed by atoms with van der Waals surface area (Å²) < 4.78 is 24.4. The average molecular weight is 327 g/mol. The number of phosphoric acid groups is 1. The van der Waals surface area contributed by atoms with E-state index in [2.05, 4.69) is 27.1 Å². The summed E-state index contributed by atoms with van der Waals surface area (Å²) in [5.41, 5.74) is 0.176. The van der Waals surface area contributed by atoms with Crippen LogP contribution in [0.15, 0.2) is 12.2 Å². The first-order valence-electron chi connectivity index (χ1n) is 6.57. The van der Waals surface area contributed by atoms with Crippen LogP contribution in [0, 0.1) is 0 Å². The predicted molar refractivity (Wildman–Crippen MR) is 80.8 cm³/mol. The zero-order chi connectivity index (χ0) is 17.3. The van der Waals surface area contributed by atoms with Gasteiger partial charge < -0.3 is 5.11 Å². The summed E-state index contributed by atoms with van der Waals surface area (Å²) >= 11 is 0. The van der Waals surface area contributed by atoms with Gasteiger partial charge in [-0.3, -0.25) is 13.6 Å². The second kappa shape index (κ2) is 17.3. The van der Waals surface area contributed by atoms with Gasteiger partial charge in [0.2, 0.25) is 0 Å². The van der Waals surface area contributed by atoms with Crippen molar-refractivity contribution in [1.29, 1.82) is 0 Å². The summed E-state index contributed by atoms with van der Waals surface area (Å²) in [6.45, 7) is 8.83. The van der Waals surface area contributed by atoms with Gasteiger partial charge in [-0.1, -0.05) is 26.3 Å². The Kier molecular flexibility index (Phi) is 20.8. The molecule has 7 nitrogen and oxygen atoms in total. The summed E-state index contributed by atoms with van der Waals surface area (Å²) in [6.07, 6.45) is 3.11. The number of hydrogen-bond acceptors (Lipinski definition) is 5. The molecule has 0 aliphatic carbocycles. The Labute approximate surface area is 127 Å². The fourth-order valence-corrected chi connectivity index (χ4v) is 1.37. The molecule has 0 aliphatic heterocycles. The molecule has 0 aromatic rings. The van der Waals surface area contributed by atoms with Crippen molar-refractivity contribution < 1.29 is 33.1 Å². The number of carboxylic acid groups (broad SMARTS) is 1. The number of rotatable bonds is 8. The minimum absolute atomic E-state index is 0.105. The summed E-state index contributed by atoms with van der Waals surface area (Å²) in [7, 11) is -0.626.